The molecule has 0 unspecified atom stereocenters. The van der Waals surface area contributed by atoms with Crippen molar-refractivity contribution in [1.29, 1.82) is 0 Å². The molecule has 2 aromatic heterocycles. The van der Waals surface area contributed by atoms with Gasteiger partial charge in [0.05, 0.1) is 12.2 Å². The van der Waals surface area contributed by atoms with Crippen LogP contribution in [0, 0.1) is 0 Å². The molecule has 27 heavy (non-hydrogen) atoms. The minimum absolute atomic E-state index is 0.537. The van der Waals surface area contributed by atoms with Crippen LogP contribution in [-0.4, -0.2) is 54.1 Å². The highest BCUT2D eigenvalue weighted by Gasteiger charge is 2.26. The van der Waals surface area contributed by atoms with Gasteiger partial charge in [0.2, 0.25) is 0 Å². The molecule has 8 nitrogen and oxygen atoms in total. The smallest absolute Gasteiger partial charge is 0.147 e. The maximum Gasteiger partial charge on any atom is 0.147 e. The first-order valence-electron chi connectivity index (χ1n) is 9.66. The molecule has 2 aliphatic heterocycles. The van der Waals surface area contributed by atoms with Crippen LogP contribution in [0.1, 0.15) is 36.0 Å². The number of benzene rings is 1. The maximum atomic E-state index is 4.51. The van der Waals surface area contributed by atoms with Crippen molar-refractivity contribution in [3.8, 4) is 5.69 Å². The van der Waals surface area contributed by atoms with Gasteiger partial charge in [-0.05, 0) is 43.6 Å². The summed E-state index contributed by atoms with van der Waals surface area (Å²) in [6.07, 6.45) is 5.59. The Hall–Kier alpha value is -2.58. The van der Waals surface area contributed by atoms with Gasteiger partial charge in [0.1, 0.15) is 24.3 Å². The van der Waals surface area contributed by atoms with Gasteiger partial charge in [0.25, 0.3) is 0 Å². The van der Waals surface area contributed by atoms with Gasteiger partial charge >= 0.3 is 0 Å². The molecule has 0 radical (unpaired) electrons. The zero-order valence-corrected chi connectivity index (χ0v) is 15.3. The Morgan fingerprint density at radius 1 is 1.04 bits per heavy atom. The third-order valence-corrected chi connectivity index (χ3v) is 5.63. The Morgan fingerprint density at radius 3 is 2.67 bits per heavy atom. The molecule has 8 heteroatoms. The van der Waals surface area contributed by atoms with Crippen LogP contribution in [-0.2, 0) is 19.6 Å². The Kier molecular flexibility index (Phi) is 4.43. The summed E-state index contributed by atoms with van der Waals surface area (Å²) in [5, 5.41) is 16.4. The molecule has 2 aliphatic rings. The van der Waals surface area contributed by atoms with E-state index in [2.05, 4.69) is 59.3 Å². The van der Waals surface area contributed by atoms with E-state index in [0.29, 0.717) is 5.92 Å². The third-order valence-electron chi connectivity index (χ3n) is 5.63. The summed E-state index contributed by atoms with van der Waals surface area (Å²) in [6, 6.07) is 8.58. The van der Waals surface area contributed by atoms with Crippen LogP contribution in [0.5, 0.6) is 0 Å². The first-order valence-corrected chi connectivity index (χ1v) is 9.66. The lowest BCUT2D eigenvalue weighted by Gasteiger charge is -2.32. The number of hydrogen-bond donors (Lipinski definition) is 1. The highest BCUT2D eigenvalue weighted by Crippen LogP contribution is 2.28. The second kappa shape index (κ2) is 7.21. The van der Waals surface area contributed by atoms with Crippen molar-refractivity contribution < 1.29 is 0 Å². The lowest BCUT2D eigenvalue weighted by atomic mass is 9.95. The highest BCUT2D eigenvalue weighted by molar-refractivity contribution is 5.33. The second-order valence-corrected chi connectivity index (χ2v) is 7.36. The average Bonchev–Trinajstić information content (AvgIpc) is 3.39. The number of rotatable bonds is 4. The molecule has 1 N–H and O–H groups in total. The summed E-state index contributed by atoms with van der Waals surface area (Å²) in [4.78, 5) is 6.54. The number of likely N-dealkylation sites (tertiary alicyclic amines) is 1. The van der Waals surface area contributed by atoms with E-state index in [1.54, 1.807) is 17.3 Å². The van der Waals surface area contributed by atoms with Crippen LogP contribution in [0.3, 0.4) is 0 Å². The number of piperidine rings is 1. The van der Waals surface area contributed by atoms with Crippen LogP contribution < -0.4 is 5.32 Å². The number of nitrogens with zero attached hydrogens (tertiary/aromatic N) is 7. The number of fused-ring (bicyclic) bond motifs is 1. The van der Waals surface area contributed by atoms with Crippen molar-refractivity contribution in [2.24, 2.45) is 0 Å². The third kappa shape index (κ3) is 3.38. The molecule has 4 heterocycles. The SMILES string of the molecule is c1ncn(-c2ccc(CN3CCC(c4nnc5n4CCNC5)CC3)cc2)n1. The quantitative estimate of drug-likeness (QED) is 0.753. The summed E-state index contributed by atoms with van der Waals surface area (Å²) in [6.45, 7) is 6.06. The minimum atomic E-state index is 0.537. The summed E-state index contributed by atoms with van der Waals surface area (Å²) in [5.74, 6) is 2.82. The lowest BCUT2D eigenvalue weighted by molar-refractivity contribution is 0.199. The van der Waals surface area contributed by atoms with Crippen LogP contribution in [0.25, 0.3) is 5.69 Å². The molecule has 1 aromatic carbocycles. The monoisotopic (exact) mass is 364 g/mol. The van der Waals surface area contributed by atoms with Gasteiger partial charge in [0, 0.05) is 25.6 Å². The van der Waals surface area contributed by atoms with Crippen LogP contribution in [0.15, 0.2) is 36.9 Å². The summed E-state index contributed by atoms with van der Waals surface area (Å²) in [7, 11) is 0. The Labute approximate surface area is 158 Å². The van der Waals surface area contributed by atoms with Crippen molar-refractivity contribution in [3.05, 3.63) is 54.1 Å². The largest absolute Gasteiger partial charge is 0.312 e. The predicted molar refractivity (Wildman–Crippen MR) is 100 cm³/mol. The molecule has 3 aromatic rings. The molecular weight excluding hydrogens is 340 g/mol. The van der Waals surface area contributed by atoms with Crippen molar-refractivity contribution in [2.75, 3.05) is 19.6 Å². The predicted octanol–water partition coefficient (Wildman–Crippen LogP) is 1.34. The zero-order valence-electron chi connectivity index (χ0n) is 15.3. The van der Waals surface area contributed by atoms with Gasteiger partial charge in [-0.25, -0.2) is 9.67 Å². The van der Waals surface area contributed by atoms with E-state index in [9.17, 15) is 0 Å². The molecule has 0 bridgehead atoms. The normalized spacial score (nSPS) is 18.5. The molecule has 5 rings (SSSR count). The fraction of sp³-hybridized carbons (Fsp3) is 0.474. The van der Waals surface area contributed by atoms with Crippen molar-refractivity contribution in [2.45, 2.75) is 38.4 Å². The van der Waals surface area contributed by atoms with E-state index in [0.717, 1.165) is 63.6 Å². The van der Waals surface area contributed by atoms with Gasteiger partial charge in [-0.2, -0.15) is 5.10 Å². The molecule has 0 atom stereocenters. The Morgan fingerprint density at radius 2 is 1.89 bits per heavy atom. The Bertz CT molecular complexity index is 875. The minimum Gasteiger partial charge on any atom is -0.312 e. The molecule has 0 aliphatic carbocycles. The fourth-order valence-corrected chi connectivity index (χ4v) is 4.12. The molecule has 1 fully saturated rings. The maximum absolute atomic E-state index is 4.51. The second-order valence-electron chi connectivity index (χ2n) is 7.36. The van der Waals surface area contributed by atoms with Gasteiger partial charge < -0.3 is 9.88 Å². The number of hydrogen-bond acceptors (Lipinski definition) is 6. The fourth-order valence-electron chi connectivity index (χ4n) is 4.12. The highest BCUT2D eigenvalue weighted by atomic mass is 15.3. The van der Waals surface area contributed by atoms with Crippen LogP contribution >= 0.6 is 0 Å². The van der Waals surface area contributed by atoms with E-state index >= 15 is 0 Å². The van der Waals surface area contributed by atoms with Gasteiger partial charge in [0.15, 0.2) is 0 Å². The molecule has 1 saturated heterocycles. The topological polar surface area (TPSA) is 76.7 Å². The molecule has 140 valence electrons. The van der Waals surface area contributed by atoms with Gasteiger partial charge in [-0.15, -0.1) is 10.2 Å². The standard InChI is InChI=1S/C19H24N8/c1-3-17(27-14-21-13-22-27)4-2-15(1)12-25-8-5-16(6-9-25)19-24-23-18-11-20-7-10-26(18)19/h1-4,13-14,16,20H,5-12H2. The van der Waals surface area contributed by atoms with Crippen LogP contribution in [0.2, 0.25) is 0 Å². The summed E-state index contributed by atoms with van der Waals surface area (Å²) < 4.78 is 4.11. The van der Waals surface area contributed by atoms with E-state index in [4.69, 9.17) is 0 Å². The first-order chi connectivity index (χ1) is 13.4. The number of aromatic nitrogens is 6. The summed E-state index contributed by atoms with van der Waals surface area (Å²) in [5.41, 5.74) is 2.38. The lowest BCUT2D eigenvalue weighted by Crippen LogP contribution is -2.34. The molecule has 0 saturated carbocycles. The molecule has 0 amide bonds. The van der Waals surface area contributed by atoms with Crippen LogP contribution in [0.4, 0.5) is 0 Å². The van der Waals surface area contributed by atoms with E-state index in [-0.39, 0.29) is 0 Å². The van der Waals surface area contributed by atoms with Gasteiger partial charge in [-0.3, -0.25) is 4.90 Å². The van der Waals surface area contributed by atoms with Crippen molar-refractivity contribution in [1.82, 2.24) is 39.7 Å². The van der Waals surface area contributed by atoms with Gasteiger partial charge in [-0.1, -0.05) is 12.1 Å². The molecular formula is C19H24N8. The molecule has 0 spiro atoms. The van der Waals surface area contributed by atoms with E-state index < -0.39 is 0 Å². The first kappa shape index (κ1) is 16.6. The van der Waals surface area contributed by atoms with Crippen molar-refractivity contribution >= 4 is 0 Å². The van der Waals surface area contributed by atoms with E-state index in [1.807, 2.05) is 0 Å². The van der Waals surface area contributed by atoms with Crippen molar-refractivity contribution in [3.63, 3.8) is 0 Å². The Balaban J connectivity index is 1.19. The van der Waals surface area contributed by atoms with E-state index in [1.165, 1.54) is 11.4 Å². The number of nitrogens with one attached hydrogen (secondary N) is 1. The zero-order chi connectivity index (χ0) is 18.1. The summed E-state index contributed by atoms with van der Waals surface area (Å²) >= 11 is 0. The average molecular weight is 364 g/mol.